The summed E-state index contributed by atoms with van der Waals surface area (Å²) in [5.41, 5.74) is 4.28. The van der Waals surface area contributed by atoms with Crippen LogP contribution in [0.15, 0.2) is 60.8 Å². The molecular weight excluding hydrogens is 334 g/mol. The number of hydrogen-bond acceptors (Lipinski definition) is 3. The van der Waals surface area contributed by atoms with Crippen LogP contribution in [0.3, 0.4) is 0 Å². The molecule has 2 N–H and O–H groups in total. The van der Waals surface area contributed by atoms with Crippen LogP contribution in [0.4, 0.5) is 17.2 Å². The summed E-state index contributed by atoms with van der Waals surface area (Å²) in [7, 11) is 0. The molecule has 1 heterocycles. The summed E-state index contributed by atoms with van der Waals surface area (Å²) >= 11 is 5.97. The first-order valence-corrected chi connectivity index (χ1v) is 8.26. The van der Waals surface area contributed by atoms with E-state index in [9.17, 15) is 4.79 Å². The average molecular weight is 352 g/mol. The average Bonchev–Trinajstić information content (AvgIpc) is 2.59. The molecule has 4 nitrogen and oxygen atoms in total. The summed E-state index contributed by atoms with van der Waals surface area (Å²) in [6.45, 7) is 3.93. The molecule has 0 aliphatic heterocycles. The topological polar surface area (TPSA) is 54.0 Å². The van der Waals surface area contributed by atoms with Gasteiger partial charge in [-0.3, -0.25) is 4.79 Å². The molecule has 0 atom stereocenters. The fourth-order valence-corrected chi connectivity index (χ4v) is 2.66. The Morgan fingerprint density at radius 1 is 1.04 bits per heavy atom. The minimum Gasteiger partial charge on any atom is -0.340 e. The van der Waals surface area contributed by atoms with Crippen LogP contribution < -0.4 is 10.6 Å². The SMILES string of the molecule is Cc1cccc(C(=O)Nc2ccc(Nc3ccc(Cl)cc3C)nc2)c1. The summed E-state index contributed by atoms with van der Waals surface area (Å²) in [5, 5.41) is 6.78. The number of benzene rings is 2. The molecule has 0 aliphatic rings. The molecule has 3 rings (SSSR count). The van der Waals surface area contributed by atoms with Gasteiger partial charge in [0.2, 0.25) is 0 Å². The Labute approximate surface area is 151 Å². The Kier molecular flexibility index (Phi) is 5.00. The number of hydrogen-bond donors (Lipinski definition) is 2. The van der Waals surface area contributed by atoms with Crippen LogP contribution in [0.25, 0.3) is 0 Å². The maximum atomic E-state index is 12.3. The first-order valence-electron chi connectivity index (χ1n) is 7.88. The number of halogens is 1. The van der Waals surface area contributed by atoms with E-state index in [0.29, 0.717) is 22.1 Å². The van der Waals surface area contributed by atoms with Crippen molar-refractivity contribution in [2.45, 2.75) is 13.8 Å². The number of carbonyl (C=O) groups excluding carboxylic acids is 1. The van der Waals surface area contributed by atoms with Gasteiger partial charge in [-0.15, -0.1) is 0 Å². The van der Waals surface area contributed by atoms with Gasteiger partial charge in [0.05, 0.1) is 11.9 Å². The minimum atomic E-state index is -0.153. The molecular formula is C20H18ClN3O. The maximum absolute atomic E-state index is 12.3. The van der Waals surface area contributed by atoms with Crippen molar-refractivity contribution < 1.29 is 4.79 Å². The Morgan fingerprint density at radius 2 is 1.88 bits per heavy atom. The summed E-state index contributed by atoms with van der Waals surface area (Å²) in [6.07, 6.45) is 1.63. The minimum absolute atomic E-state index is 0.153. The molecule has 25 heavy (non-hydrogen) atoms. The van der Waals surface area contributed by atoms with Crippen LogP contribution in [0.1, 0.15) is 21.5 Å². The number of aromatic nitrogens is 1. The van der Waals surface area contributed by atoms with Gasteiger partial charge in [0.15, 0.2) is 0 Å². The second-order valence-electron chi connectivity index (χ2n) is 5.84. The van der Waals surface area contributed by atoms with E-state index < -0.39 is 0 Å². The number of amides is 1. The number of pyridine rings is 1. The molecule has 0 fully saturated rings. The van der Waals surface area contributed by atoms with Gasteiger partial charge in [-0.05, 0) is 61.9 Å². The smallest absolute Gasteiger partial charge is 0.255 e. The molecule has 0 radical (unpaired) electrons. The lowest BCUT2D eigenvalue weighted by Crippen LogP contribution is -2.12. The molecule has 126 valence electrons. The van der Waals surface area contributed by atoms with E-state index in [2.05, 4.69) is 15.6 Å². The molecule has 5 heteroatoms. The highest BCUT2D eigenvalue weighted by molar-refractivity contribution is 6.30. The van der Waals surface area contributed by atoms with E-state index in [0.717, 1.165) is 16.8 Å². The van der Waals surface area contributed by atoms with Gasteiger partial charge in [0, 0.05) is 16.3 Å². The molecule has 1 aromatic heterocycles. The third-order valence-corrected chi connectivity index (χ3v) is 3.99. The van der Waals surface area contributed by atoms with E-state index in [1.807, 2.05) is 62.4 Å². The number of anilines is 3. The molecule has 2 aromatic carbocycles. The van der Waals surface area contributed by atoms with Crippen LogP contribution in [-0.4, -0.2) is 10.9 Å². The Hall–Kier alpha value is -2.85. The first-order chi connectivity index (χ1) is 12.0. The summed E-state index contributed by atoms with van der Waals surface area (Å²) in [6, 6.07) is 16.7. The zero-order chi connectivity index (χ0) is 17.8. The monoisotopic (exact) mass is 351 g/mol. The van der Waals surface area contributed by atoms with E-state index in [1.54, 1.807) is 12.3 Å². The van der Waals surface area contributed by atoms with Crippen molar-refractivity contribution in [1.29, 1.82) is 0 Å². The Balaban J connectivity index is 1.69. The largest absolute Gasteiger partial charge is 0.340 e. The molecule has 1 amide bonds. The van der Waals surface area contributed by atoms with Crippen LogP contribution in [0, 0.1) is 13.8 Å². The predicted octanol–water partition coefficient (Wildman–Crippen LogP) is 5.35. The van der Waals surface area contributed by atoms with Crippen LogP contribution in [0.2, 0.25) is 5.02 Å². The van der Waals surface area contributed by atoms with Gasteiger partial charge in [-0.2, -0.15) is 0 Å². The van der Waals surface area contributed by atoms with Crippen molar-refractivity contribution in [1.82, 2.24) is 4.98 Å². The highest BCUT2D eigenvalue weighted by Crippen LogP contribution is 2.23. The fraction of sp³-hybridized carbons (Fsp3) is 0.100. The first kappa shape index (κ1) is 17.0. The van der Waals surface area contributed by atoms with E-state index in [4.69, 9.17) is 11.6 Å². The van der Waals surface area contributed by atoms with Gasteiger partial charge in [0.1, 0.15) is 5.82 Å². The number of aryl methyl sites for hydroxylation is 2. The van der Waals surface area contributed by atoms with Gasteiger partial charge in [0.25, 0.3) is 5.91 Å². The predicted molar refractivity (Wildman–Crippen MR) is 103 cm³/mol. The lowest BCUT2D eigenvalue weighted by Gasteiger charge is -2.10. The van der Waals surface area contributed by atoms with Gasteiger partial charge < -0.3 is 10.6 Å². The highest BCUT2D eigenvalue weighted by atomic mass is 35.5. The molecule has 0 saturated carbocycles. The van der Waals surface area contributed by atoms with Crippen molar-refractivity contribution in [3.8, 4) is 0 Å². The summed E-state index contributed by atoms with van der Waals surface area (Å²) in [5.74, 6) is 0.540. The van der Waals surface area contributed by atoms with E-state index >= 15 is 0 Å². The third-order valence-electron chi connectivity index (χ3n) is 3.75. The summed E-state index contributed by atoms with van der Waals surface area (Å²) < 4.78 is 0. The number of rotatable bonds is 4. The molecule has 3 aromatic rings. The van der Waals surface area contributed by atoms with E-state index in [1.165, 1.54) is 0 Å². The second kappa shape index (κ2) is 7.36. The summed E-state index contributed by atoms with van der Waals surface area (Å²) in [4.78, 5) is 16.6. The molecule has 0 unspecified atom stereocenters. The van der Waals surface area contributed by atoms with Crippen molar-refractivity contribution in [2.75, 3.05) is 10.6 Å². The zero-order valence-electron chi connectivity index (χ0n) is 14.0. The van der Waals surface area contributed by atoms with Gasteiger partial charge in [-0.1, -0.05) is 29.3 Å². The van der Waals surface area contributed by atoms with Gasteiger partial charge >= 0.3 is 0 Å². The zero-order valence-corrected chi connectivity index (χ0v) is 14.8. The van der Waals surface area contributed by atoms with Crippen LogP contribution >= 0.6 is 11.6 Å². The maximum Gasteiger partial charge on any atom is 0.255 e. The number of carbonyl (C=O) groups is 1. The quantitative estimate of drug-likeness (QED) is 0.666. The lowest BCUT2D eigenvalue weighted by atomic mass is 10.1. The van der Waals surface area contributed by atoms with Crippen molar-refractivity contribution >= 4 is 34.7 Å². The Bertz CT molecular complexity index is 907. The molecule has 0 saturated heterocycles. The van der Waals surface area contributed by atoms with Crippen molar-refractivity contribution in [3.63, 3.8) is 0 Å². The molecule has 0 bridgehead atoms. The van der Waals surface area contributed by atoms with Crippen LogP contribution in [-0.2, 0) is 0 Å². The molecule has 0 spiro atoms. The van der Waals surface area contributed by atoms with Crippen molar-refractivity contribution in [2.24, 2.45) is 0 Å². The van der Waals surface area contributed by atoms with Gasteiger partial charge in [-0.25, -0.2) is 4.98 Å². The van der Waals surface area contributed by atoms with Crippen molar-refractivity contribution in [3.05, 3.63) is 82.5 Å². The fourth-order valence-electron chi connectivity index (χ4n) is 2.44. The highest BCUT2D eigenvalue weighted by Gasteiger charge is 2.07. The van der Waals surface area contributed by atoms with E-state index in [-0.39, 0.29) is 5.91 Å². The lowest BCUT2D eigenvalue weighted by molar-refractivity contribution is 0.102. The second-order valence-corrected chi connectivity index (χ2v) is 6.28. The van der Waals surface area contributed by atoms with Crippen LogP contribution in [0.5, 0.6) is 0 Å². The normalized spacial score (nSPS) is 10.4. The number of nitrogens with one attached hydrogen (secondary N) is 2. The molecule has 0 aliphatic carbocycles. The standard InChI is InChI=1S/C20H18ClN3O/c1-13-4-3-5-15(10-13)20(25)23-17-7-9-19(22-12-17)24-18-8-6-16(21)11-14(18)2/h3-12H,1-2H3,(H,22,24)(H,23,25). The Morgan fingerprint density at radius 3 is 2.56 bits per heavy atom. The third kappa shape index (κ3) is 4.37. The number of nitrogens with zero attached hydrogens (tertiary/aromatic N) is 1.